The van der Waals surface area contributed by atoms with Crippen LogP contribution in [-0.2, 0) is 4.79 Å². The number of rotatable bonds is 7. The number of carbonyl (C=O) groups excluding carboxylic acids is 2. The van der Waals surface area contributed by atoms with Gasteiger partial charge in [-0.2, -0.15) is 0 Å². The van der Waals surface area contributed by atoms with Crippen LogP contribution in [0, 0.1) is 11.7 Å². The number of halogens is 1. The highest BCUT2D eigenvalue weighted by Gasteiger charge is 2.34. The zero-order chi connectivity index (χ0) is 25.0. The molecular formula is C25H33FN4O4. The molecule has 0 radical (unpaired) electrons. The van der Waals surface area contributed by atoms with E-state index in [0.29, 0.717) is 24.2 Å². The number of amides is 2. The molecular weight excluding hydrogens is 439 g/mol. The van der Waals surface area contributed by atoms with Crippen LogP contribution in [0.25, 0.3) is 11.1 Å². The van der Waals surface area contributed by atoms with Crippen molar-refractivity contribution in [1.82, 2.24) is 19.7 Å². The van der Waals surface area contributed by atoms with Crippen LogP contribution in [0.1, 0.15) is 24.2 Å². The summed E-state index contributed by atoms with van der Waals surface area (Å²) >= 11 is 0. The summed E-state index contributed by atoms with van der Waals surface area (Å²) in [4.78, 5) is 35.5. The lowest BCUT2D eigenvalue weighted by molar-refractivity contribution is -0.132. The fourth-order valence-corrected chi connectivity index (χ4v) is 3.88. The number of hydrogen-bond acceptors (Lipinski definition) is 6. The molecule has 0 aliphatic carbocycles. The monoisotopic (exact) mass is 472 g/mol. The van der Waals surface area contributed by atoms with Crippen molar-refractivity contribution >= 4 is 11.8 Å². The van der Waals surface area contributed by atoms with E-state index in [9.17, 15) is 19.1 Å². The molecule has 3 atom stereocenters. The molecule has 0 unspecified atom stereocenters. The predicted molar refractivity (Wildman–Crippen MR) is 127 cm³/mol. The van der Waals surface area contributed by atoms with E-state index in [-0.39, 0.29) is 48.1 Å². The first-order valence-corrected chi connectivity index (χ1v) is 11.3. The van der Waals surface area contributed by atoms with Gasteiger partial charge in [-0.05, 0) is 44.8 Å². The number of nitrogens with zero attached hydrogens (tertiary/aromatic N) is 4. The van der Waals surface area contributed by atoms with E-state index in [0.717, 1.165) is 0 Å². The van der Waals surface area contributed by atoms with Crippen molar-refractivity contribution in [3.8, 4) is 17.0 Å². The Morgan fingerprint density at radius 1 is 1.26 bits per heavy atom. The quantitative estimate of drug-likeness (QED) is 0.665. The molecule has 0 fully saturated rings. The Hall–Kier alpha value is -3.04. The smallest absolute Gasteiger partial charge is 0.259 e. The third-order valence-corrected chi connectivity index (χ3v) is 6.03. The maximum atomic E-state index is 13.5. The van der Waals surface area contributed by atoms with Crippen molar-refractivity contribution in [2.45, 2.75) is 26.0 Å². The molecule has 1 aliphatic heterocycles. The molecule has 0 saturated carbocycles. The first kappa shape index (κ1) is 25.6. The van der Waals surface area contributed by atoms with E-state index in [4.69, 9.17) is 4.74 Å². The van der Waals surface area contributed by atoms with Crippen LogP contribution in [0.5, 0.6) is 5.88 Å². The summed E-state index contributed by atoms with van der Waals surface area (Å²) in [6, 6.07) is 7.22. The molecule has 3 rings (SSSR count). The fourth-order valence-electron chi connectivity index (χ4n) is 3.88. The second kappa shape index (κ2) is 10.9. The van der Waals surface area contributed by atoms with Crippen LogP contribution in [0.4, 0.5) is 4.39 Å². The third-order valence-electron chi connectivity index (χ3n) is 6.03. The number of hydrogen-bond donors (Lipinski definition) is 1. The summed E-state index contributed by atoms with van der Waals surface area (Å²) in [5.74, 6) is -0.639. The van der Waals surface area contributed by atoms with Crippen LogP contribution in [0.2, 0.25) is 0 Å². The van der Waals surface area contributed by atoms with E-state index >= 15 is 0 Å². The lowest BCUT2D eigenvalue weighted by atomic mass is 9.99. The molecule has 0 saturated heterocycles. The molecule has 2 amide bonds. The summed E-state index contributed by atoms with van der Waals surface area (Å²) in [5.41, 5.74) is 1.63. The summed E-state index contributed by atoms with van der Waals surface area (Å²) in [7, 11) is 5.39. The maximum absolute atomic E-state index is 13.5. The minimum atomic E-state index is -0.416. The van der Waals surface area contributed by atoms with Crippen molar-refractivity contribution in [2.75, 3.05) is 47.4 Å². The van der Waals surface area contributed by atoms with Gasteiger partial charge in [-0.25, -0.2) is 9.37 Å². The van der Waals surface area contributed by atoms with Gasteiger partial charge in [0.05, 0.1) is 25.7 Å². The van der Waals surface area contributed by atoms with Crippen LogP contribution in [0.3, 0.4) is 0 Å². The highest BCUT2D eigenvalue weighted by Crippen LogP contribution is 2.30. The van der Waals surface area contributed by atoms with Crippen molar-refractivity contribution < 1.29 is 23.8 Å². The Bertz CT molecular complexity index is 1010. The molecule has 34 heavy (non-hydrogen) atoms. The van der Waals surface area contributed by atoms with Gasteiger partial charge in [0.2, 0.25) is 11.8 Å². The number of pyridine rings is 1. The van der Waals surface area contributed by atoms with E-state index in [2.05, 4.69) is 4.98 Å². The average molecular weight is 473 g/mol. The van der Waals surface area contributed by atoms with Gasteiger partial charge in [-0.15, -0.1) is 0 Å². The number of benzene rings is 1. The molecule has 9 heteroatoms. The van der Waals surface area contributed by atoms with Gasteiger partial charge in [0.25, 0.3) is 5.91 Å². The predicted octanol–water partition coefficient (Wildman–Crippen LogP) is 2.13. The van der Waals surface area contributed by atoms with E-state index in [1.165, 1.54) is 12.1 Å². The molecule has 1 aromatic carbocycles. The zero-order valence-electron chi connectivity index (χ0n) is 20.4. The Kier molecular flexibility index (Phi) is 8.22. The summed E-state index contributed by atoms with van der Waals surface area (Å²) < 4.78 is 19.6. The van der Waals surface area contributed by atoms with Crippen LogP contribution < -0.4 is 4.74 Å². The largest absolute Gasteiger partial charge is 0.472 e. The van der Waals surface area contributed by atoms with E-state index in [1.807, 2.05) is 21.0 Å². The van der Waals surface area contributed by atoms with Gasteiger partial charge in [0.15, 0.2) is 0 Å². The van der Waals surface area contributed by atoms with Crippen LogP contribution >= 0.6 is 0 Å². The molecule has 0 spiro atoms. The molecule has 184 valence electrons. The topological polar surface area (TPSA) is 86.2 Å². The van der Waals surface area contributed by atoms with Crippen molar-refractivity contribution in [3.63, 3.8) is 0 Å². The second-order valence-corrected chi connectivity index (χ2v) is 9.22. The van der Waals surface area contributed by atoms with Crippen molar-refractivity contribution in [3.05, 3.63) is 47.9 Å². The Morgan fingerprint density at radius 2 is 1.94 bits per heavy atom. The summed E-state index contributed by atoms with van der Waals surface area (Å²) in [6.45, 7) is 4.50. The van der Waals surface area contributed by atoms with Gasteiger partial charge < -0.3 is 24.5 Å². The Labute approximate surface area is 199 Å². The number of ether oxygens (including phenoxy) is 1. The second-order valence-electron chi connectivity index (χ2n) is 9.22. The minimum absolute atomic E-state index is 0.0423. The van der Waals surface area contributed by atoms with Gasteiger partial charge in [-0.1, -0.05) is 19.1 Å². The standard InChI is InChI=1S/C25H33FN4O4/c1-16-12-30(17(2)15-31)25(33)21-10-19(18-6-8-20(26)9-7-18)11-27-24(21)34-22(16)13-29(5)23(32)14-28(3)4/h6-11,16-17,22,31H,12-15H2,1-5H3/t16-,17-,22-/m0/s1. The van der Waals surface area contributed by atoms with E-state index in [1.54, 1.807) is 53.1 Å². The SMILES string of the molecule is C[C@H]1CN([C@@H](C)CO)C(=O)c2cc(-c3ccc(F)cc3)cnc2O[C@H]1CN(C)C(=O)CN(C)C. The van der Waals surface area contributed by atoms with Gasteiger partial charge >= 0.3 is 0 Å². The summed E-state index contributed by atoms with van der Waals surface area (Å²) in [6.07, 6.45) is 1.17. The molecule has 1 aliphatic rings. The molecule has 8 nitrogen and oxygen atoms in total. The highest BCUT2D eigenvalue weighted by molar-refractivity contribution is 5.98. The van der Waals surface area contributed by atoms with Crippen LogP contribution in [0.15, 0.2) is 36.5 Å². The highest BCUT2D eigenvalue weighted by atomic mass is 19.1. The van der Waals surface area contributed by atoms with Gasteiger partial charge in [0, 0.05) is 31.3 Å². The number of fused-ring (bicyclic) bond motifs is 1. The molecule has 2 aromatic rings. The van der Waals surface area contributed by atoms with Crippen LogP contribution in [-0.4, -0.2) is 96.1 Å². The van der Waals surface area contributed by atoms with Crippen molar-refractivity contribution in [2.24, 2.45) is 5.92 Å². The van der Waals surface area contributed by atoms with Crippen molar-refractivity contribution in [1.29, 1.82) is 0 Å². The maximum Gasteiger partial charge on any atom is 0.259 e. The molecule has 0 bridgehead atoms. The first-order chi connectivity index (χ1) is 16.1. The van der Waals surface area contributed by atoms with Gasteiger partial charge in [0.1, 0.15) is 17.5 Å². The first-order valence-electron chi connectivity index (χ1n) is 11.3. The minimum Gasteiger partial charge on any atom is -0.472 e. The lowest BCUT2D eigenvalue weighted by Gasteiger charge is -2.37. The zero-order valence-corrected chi connectivity index (χ0v) is 20.4. The number of aliphatic hydroxyl groups excluding tert-OH is 1. The average Bonchev–Trinajstić information content (AvgIpc) is 2.80. The molecule has 1 N–H and O–H groups in total. The third kappa shape index (κ3) is 5.90. The molecule has 2 heterocycles. The molecule has 1 aromatic heterocycles. The Morgan fingerprint density at radius 3 is 2.56 bits per heavy atom. The number of aliphatic hydroxyl groups is 1. The normalized spacial score (nSPS) is 19.2. The van der Waals surface area contributed by atoms with E-state index < -0.39 is 12.1 Å². The summed E-state index contributed by atoms with van der Waals surface area (Å²) in [5, 5.41) is 9.79. The lowest BCUT2D eigenvalue weighted by Crippen LogP contribution is -2.51. The number of aromatic nitrogens is 1. The fraction of sp³-hybridized carbons (Fsp3) is 0.480. The Balaban J connectivity index is 1.98. The van der Waals surface area contributed by atoms with Gasteiger partial charge in [-0.3, -0.25) is 9.59 Å². The number of likely N-dealkylation sites (N-methyl/N-ethyl adjacent to an activating group) is 2. The number of carbonyl (C=O) groups is 2.